The number of hydrogen-bond donors (Lipinski definition) is 0. The molecule has 0 radical (unpaired) electrons. The van der Waals surface area contributed by atoms with Crippen LogP contribution in [0.4, 0.5) is 0 Å². The van der Waals surface area contributed by atoms with Crippen molar-refractivity contribution in [1.29, 1.82) is 0 Å². The van der Waals surface area contributed by atoms with Crippen LogP contribution in [0.25, 0.3) is 0 Å². The lowest BCUT2D eigenvalue weighted by Crippen LogP contribution is -2.31. The first-order valence-electron chi connectivity index (χ1n) is 7.66. The number of hydrogen-bond acceptors (Lipinski definition) is 1. The van der Waals surface area contributed by atoms with Gasteiger partial charge in [-0.1, -0.05) is 74.7 Å². The molecule has 0 N–H and O–H groups in total. The van der Waals surface area contributed by atoms with Crippen molar-refractivity contribution in [2.75, 3.05) is 0 Å². The molecular weight excluding hydrogens is 288 g/mol. The average molecular weight is 319 g/mol. The largest absolute Gasteiger partial charge is 0.298 e. The molecule has 0 aliphatic heterocycles. The Balaban J connectivity index is 4.20. The molecule has 0 aromatic heterocycles. The smallest absolute Gasteiger partial charge is 0.152 e. The summed E-state index contributed by atoms with van der Waals surface area (Å²) in [5, 5.41) is 0. The molecule has 2 heteroatoms. The number of carbonyl (C=O) groups is 1. The molecule has 0 aromatic rings. The van der Waals surface area contributed by atoms with Gasteiger partial charge in [-0.15, -0.1) is 0 Å². The maximum Gasteiger partial charge on any atom is 0.152 e. The quantitative estimate of drug-likeness (QED) is 0.342. The van der Waals surface area contributed by atoms with Crippen molar-refractivity contribution in [3.05, 3.63) is 0 Å². The van der Waals surface area contributed by atoms with E-state index >= 15 is 0 Å². The van der Waals surface area contributed by atoms with E-state index in [0.29, 0.717) is 5.78 Å². The van der Waals surface area contributed by atoms with E-state index in [1.165, 1.54) is 44.9 Å². The van der Waals surface area contributed by atoms with Gasteiger partial charge >= 0.3 is 0 Å². The second-order valence-electron chi connectivity index (χ2n) is 5.88. The third kappa shape index (κ3) is 8.29. The predicted molar refractivity (Wildman–Crippen MR) is 84.4 cm³/mol. The highest BCUT2D eigenvalue weighted by atomic mass is 79.9. The summed E-state index contributed by atoms with van der Waals surface area (Å²) in [5.41, 5.74) is 0. The Morgan fingerprint density at radius 3 is 1.83 bits per heavy atom. The van der Waals surface area contributed by atoms with Gasteiger partial charge in [0.05, 0.1) is 4.32 Å². The minimum Gasteiger partial charge on any atom is -0.298 e. The first-order chi connectivity index (χ1) is 8.43. The molecule has 1 atom stereocenters. The highest BCUT2D eigenvalue weighted by Gasteiger charge is 2.30. The van der Waals surface area contributed by atoms with Gasteiger partial charge in [0.1, 0.15) is 0 Å². The second-order valence-corrected chi connectivity index (χ2v) is 7.86. The molecule has 18 heavy (non-hydrogen) atoms. The fourth-order valence-corrected chi connectivity index (χ4v) is 2.67. The first kappa shape index (κ1) is 18.1. The Morgan fingerprint density at radius 2 is 1.39 bits per heavy atom. The predicted octanol–water partition coefficient (Wildman–Crippen LogP) is 5.90. The van der Waals surface area contributed by atoms with Crippen LogP contribution in [0.15, 0.2) is 0 Å². The normalized spacial score (nSPS) is 13.6. The van der Waals surface area contributed by atoms with Crippen molar-refractivity contribution in [2.45, 2.75) is 89.8 Å². The van der Waals surface area contributed by atoms with Crippen molar-refractivity contribution >= 4 is 21.7 Å². The maximum atomic E-state index is 12.4. The number of halogens is 1. The van der Waals surface area contributed by atoms with Gasteiger partial charge in [0, 0.05) is 5.92 Å². The number of carbonyl (C=O) groups excluding carboxylic acids is 1. The zero-order valence-electron chi connectivity index (χ0n) is 12.7. The summed E-state index contributed by atoms with van der Waals surface area (Å²) in [5.74, 6) is 0.665. The van der Waals surface area contributed by atoms with Crippen molar-refractivity contribution in [2.24, 2.45) is 5.92 Å². The molecule has 0 rings (SSSR count). The van der Waals surface area contributed by atoms with Gasteiger partial charge in [-0.3, -0.25) is 4.79 Å². The van der Waals surface area contributed by atoms with Crippen molar-refractivity contribution in [3.63, 3.8) is 0 Å². The summed E-state index contributed by atoms with van der Waals surface area (Å²) in [4.78, 5) is 12.4. The summed E-state index contributed by atoms with van der Waals surface area (Å²) in [6.45, 7) is 8.40. The molecule has 0 saturated carbocycles. The Morgan fingerprint density at radius 1 is 0.944 bits per heavy atom. The van der Waals surface area contributed by atoms with Crippen molar-refractivity contribution < 1.29 is 4.79 Å². The van der Waals surface area contributed by atoms with E-state index in [-0.39, 0.29) is 10.2 Å². The van der Waals surface area contributed by atoms with E-state index in [4.69, 9.17) is 0 Å². The Bertz CT molecular complexity index is 218. The Labute approximate surface area is 122 Å². The standard InChI is InChI=1S/C16H31BrO/c1-5-7-9-11-13-14(12-10-8-6-2)15(18)16(3,4)17/h14H,5-13H2,1-4H3. The molecule has 0 saturated heterocycles. The summed E-state index contributed by atoms with van der Waals surface area (Å²) in [6, 6.07) is 0. The summed E-state index contributed by atoms with van der Waals surface area (Å²) in [7, 11) is 0. The van der Waals surface area contributed by atoms with E-state index in [1.54, 1.807) is 0 Å². The number of rotatable bonds is 11. The van der Waals surface area contributed by atoms with Crippen LogP contribution in [0.2, 0.25) is 0 Å². The molecule has 0 heterocycles. The van der Waals surface area contributed by atoms with Gasteiger partial charge in [-0.05, 0) is 26.7 Å². The van der Waals surface area contributed by atoms with E-state index in [2.05, 4.69) is 29.8 Å². The topological polar surface area (TPSA) is 17.1 Å². The van der Waals surface area contributed by atoms with Crippen LogP contribution in [0.1, 0.15) is 85.5 Å². The lowest BCUT2D eigenvalue weighted by Gasteiger charge is -2.23. The molecule has 0 aromatic carbocycles. The summed E-state index contributed by atoms with van der Waals surface area (Å²) >= 11 is 3.53. The van der Waals surface area contributed by atoms with Gasteiger partial charge in [-0.25, -0.2) is 0 Å². The van der Waals surface area contributed by atoms with Gasteiger partial charge in [-0.2, -0.15) is 0 Å². The SMILES string of the molecule is CCCCCCC(CCCCC)C(=O)C(C)(C)Br. The molecule has 1 nitrogen and oxygen atoms in total. The lowest BCUT2D eigenvalue weighted by molar-refractivity contribution is -0.124. The Hall–Kier alpha value is 0.150. The van der Waals surface area contributed by atoms with Crippen molar-refractivity contribution in [1.82, 2.24) is 0 Å². The van der Waals surface area contributed by atoms with Crippen LogP contribution in [0.5, 0.6) is 0 Å². The summed E-state index contributed by atoms with van der Waals surface area (Å²) < 4.78 is -0.353. The van der Waals surface area contributed by atoms with Crippen molar-refractivity contribution in [3.8, 4) is 0 Å². The van der Waals surface area contributed by atoms with Gasteiger partial charge in [0.25, 0.3) is 0 Å². The molecular formula is C16H31BrO. The number of ketones is 1. The van der Waals surface area contributed by atoms with Crippen LogP contribution in [0, 0.1) is 5.92 Å². The number of unbranched alkanes of at least 4 members (excludes halogenated alkanes) is 5. The molecule has 0 bridgehead atoms. The van der Waals surface area contributed by atoms with E-state index < -0.39 is 0 Å². The van der Waals surface area contributed by atoms with Gasteiger partial charge < -0.3 is 0 Å². The molecule has 1 unspecified atom stereocenters. The van der Waals surface area contributed by atoms with E-state index in [0.717, 1.165) is 12.8 Å². The third-order valence-corrected chi connectivity index (χ3v) is 3.91. The minimum absolute atomic E-state index is 0.266. The van der Waals surface area contributed by atoms with Crippen LogP contribution < -0.4 is 0 Å². The average Bonchev–Trinajstić information content (AvgIpc) is 2.30. The van der Waals surface area contributed by atoms with Gasteiger partial charge in [0.15, 0.2) is 5.78 Å². The summed E-state index contributed by atoms with van der Waals surface area (Å²) in [6.07, 6.45) is 10.9. The zero-order chi connectivity index (χ0) is 14.0. The maximum absolute atomic E-state index is 12.4. The molecule has 108 valence electrons. The number of alkyl halides is 1. The van der Waals surface area contributed by atoms with Gasteiger partial charge in [0.2, 0.25) is 0 Å². The molecule has 0 amide bonds. The zero-order valence-corrected chi connectivity index (χ0v) is 14.3. The molecule has 0 aliphatic rings. The monoisotopic (exact) mass is 318 g/mol. The van der Waals surface area contributed by atoms with Crippen LogP contribution >= 0.6 is 15.9 Å². The minimum atomic E-state index is -0.353. The fourth-order valence-electron chi connectivity index (χ4n) is 2.35. The van der Waals surface area contributed by atoms with Crippen LogP contribution in [-0.4, -0.2) is 10.1 Å². The second kappa shape index (κ2) is 10.00. The molecule has 0 aliphatic carbocycles. The van der Waals surface area contributed by atoms with E-state index in [9.17, 15) is 4.79 Å². The number of Topliss-reactive ketones (excluding diaryl/α,β-unsaturated/α-hetero) is 1. The first-order valence-corrected chi connectivity index (χ1v) is 8.46. The lowest BCUT2D eigenvalue weighted by atomic mass is 9.86. The Kier molecular flexibility index (Phi) is 10.1. The van der Waals surface area contributed by atoms with Crippen LogP contribution in [-0.2, 0) is 4.79 Å². The molecule has 0 spiro atoms. The highest BCUT2D eigenvalue weighted by molar-refractivity contribution is 9.10. The molecule has 0 fully saturated rings. The third-order valence-electron chi connectivity index (χ3n) is 3.52. The van der Waals surface area contributed by atoms with E-state index in [1.807, 2.05) is 13.8 Å². The fraction of sp³-hybridized carbons (Fsp3) is 0.938. The highest BCUT2D eigenvalue weighted by Crippen LogP contribution is 2.28. The van der Waals surface area contributed by atoms with Crippen LogP contribution in [0.3, 0.4) is 0 Å².